The monoisotopic (exact) mass is 275 g/mol. The Bertz CT molecular complexity index is 398. The van der Waals surface area contributed by atoms with E-state index >= 15 is 0 Å². The Hall–Kier alpha value is -1.28. The molecule has 0 fully saturated rings. The van der Waals surface area contributed by atoms with Crippen LogP contribution in [-0.4, -0.2) is 19.2 Å². The fraction of sp³-hybridized carbons (Fsp3) is 0.556. The van der Waals surface area contributed by atoms with Gasteiger partial charge in [-0.15, -0.1) is 0 Å². The van der Waals surface area contributed by atoms with Gasteiger partial charge in [0.25, 0.3) is 0 Å². The number of nitrogens with one attached hydrogen (secondary N) is 1. The summed E-state index contributed by atoms with van der Waals surface area (Å²) in [6.07, 6.45) is 6.60. The van der Waals surface area contributed by atoms with Crippen LogP contribution in [0.1, 0.15) is 46.1 Å². The lowest BCUT2D eigenvalue weighted by Crippen LogP contribution is -2.33. The number of benzene rings is 1. The molecule has 1 atom stereocenters. The Morgan fingerprint density at radius 2 is 1.95 bits per heavy atom. The van der Waals surface area contributed by atoms with Gasteiger partial charge in [-0.25, -0.2) is 0 Å². The molecule has 0 radical (unpaired) electrons. The van der Waals surface area contributed by atoms with Crippen molar-refractivity contribution in [1.82, 2.24) is 5.32 Å². The predicted octanol–water partition coefficient (Wildman–Crippen LogP) is 4.51. The van der Waals surface area contributed by atoms with Crippen LogP contribution in [0, 0.1) is 5.92 Å². The lowest BCUT2D eigenvalue weighted by atomic mass is 10.1. The number of hydrogen-bond acceptors (Lipinski definition) is 2. The van der Waals surface area contributed by atoms with Crippen molar-refractivity contribution in [2.45, 2.75) is 46.6 Å². The summed E-state index contributed by atoms with van der Waals surface area (Å²) in [5.74, 6) is 1.66. The number of para-hydroxylation sites is 1. The summed E-state index contributed by atoms with van der Waals surface area (Å²) >= 11 is 0. The smallest absolute Gasteiger partial charge is 0.126 e. The maximum absolute atomic E-state index is 6.21. The normalized spacial score (nSPS) is 13.1. The van der Waals surface area contributed by atoms with Gasteiger partial charge in [-0.2, -0.15) is 0 Å². The molecule has 112 valence electrons. The predicted molar refractivity (Wildman–Crippen MR) is 88.2 cm³/mol. The largest absolute Gasteiger partial charge is 0.488 e. The van der Waals surface area contributed by atoms with E-state index in [-0.39, 0.29) is 6.10 Å². The Morgan fingerprint density at radius 3 is 2.60 bits per heavy atom. The highest BCUT2D eigenvalue weighted by molar-refractivity contribution is 5.56. The lowest BCUT2D eigenvalue weighted by molar-refractivity contribution is 0.185. The minimum Gasteiger partial charge on any atom is -0.488 e. The molecule has 0 saturated carbocycles. The van der Waals surface area contributed by atoms with E-state index in [1.54, 1.807) is 0 Å². The molecular formula is C18H29NO. The molecule has 20 heavy (non-hydrogen) atoms. The van der Waals surface area contributed by atoms with E-state index in [4.69, 9.17) is 4.74 Å². The quantitative estimate of drug-likeness (QED) is 0.716. The molecule has 0 aromatic heterocycles. The Labute approximate surface area is 124 Å². The third-order valence-electron chi connectivity index (χ3n) is 3.09. The first kappa shape index (κ1) is 16.8. The maximum atomic E-state index is 6.21. The third kappa shape index (κ3) is 6.25. The van der Waals surface area contributed by atoms with Crippen LogP contribution in [0.5, 0.6) is 5.75 Å². The molecule has 0 aliphatic heterocycles. The van der Waals surface area contributed by atoms with Crippen LogP contribution in [-0.2, 0) is 0 Å². The van der Waals surface area contributed by atoms with E-state index in [0.29, 0.717) is 5.92 Å². The van der Waals surface area contributed by atoms with Crippen LogP contribution in [0.25, 0.3) is 6.08 Å². The van der Waals surface area contributed by atoms with Crippen LogP contribution in [0.2, 0.25) is 0 Å². The van der Waals surface area contributed by atoms with Gasteiger partial charge in [0.05, 0.1) is 0 Å². The molecule has 1 N–H and O–H groups in total. The lowest BCUT2D eigenvalue weighted by Gasteiger charge is -2.21. The van der Waals surface area contributed by atoms with Crippen molar-refractivity contribution in [3.63, 3.8) is 0 Å². The molecule has 2 heteroatoms. The maximum Gasteiger partial charge on any atom is 0.126 e. The summed E-state index contributed by atoms with van der Waals surface area (Å²) in [6.45, 7) is 10.6. The van der Waals surface area contributed by atoms with Crippen molar-refractivity contribution in [3.05, 3.63) is 35.9 Å². The highest BCUT2D eigenvalue weighted by Gasteiger charge is 2.11. The fourth-order valence-corrected chi connectivity index (χ4v) is 2.14. The Morgan fingerprint density at radius 1 is 1.20 bits per heavy atom. The number of ether oxygens (including phenoxy) is 1. The molecule has 0 bridgehead atoms. The van der Waals surface area contributed by atoms with Gasteiger partial charge in [0, 0.05) is 12.1 Å². The molecule has 1 rings (SSSR count). The van der Waals surface area contributed by atoms with Crippen LogP contribution in [0.3, 0.4) is 0 Å². The summed E-state index contributed by atoms with van der Waals surface area (Å²) in [7, 11) is 0. The summed E-state index contributed by atoms with van der Waals surface area (Å²) in [5, 5.41) is 3.50. The van der Waals surface area contributed by atoms with E-state index in [9.17, 15) is 0 Å². The highest BCUT2D eigenvalue weighted by atomic mass is 16.5. The SMILES string of the molecule is C/C=C/c1ccccc1OC(CCC)CNCC(C)C. The van der Waals surface area contributed by atoms with E-state index in [1.807, 2.05) is 25.1 Å². The molecule has 1 aromatic rings. The first-order valence-electron chi connectivity index (χ1n) is 7.76. The van der Waals surface area contributed by atoms with Crippen LogP contribution in [0.15, 0.2) is 30.3 Å². The van der Waals surface area contributed by atoms with Crippen LogP contribution >= 0.6 is 0 Å². The van der Waals surface area contributed by atoms with Crippen molar-refractivity contribution in [3.8, 4) is 5.75 Å². The topological polar surface area (TPSA) is 21.3 Å². The Kier molecular flexibility index (Phi) is 8.05. The van der Waals surface area contributed by atoms with Gasteiger partial charge in [0.2, 0.25) is 0 Å². The van der Waals surface area contributed by atoms with E-state index in [1.165, 1.54) is 0 Å². The zero-order chi connectivity index (χ0) is 14.8. The molecule has 1 aromatic carbocycles. The van der Waals surface area contributed by atoms with Gasteiger partial charge in [-0.3, -0.25) is 0 Å². The van der Waals surface area contributed by atoms with E-state index in [2.05, 4.69) is 44.3 Å². The van der Waals surface area contributed by atoms with Crippen molar-refractivity contribution in [1.29, 1.82) is 0 Å². The molecule has 1 unspecified atom stereocenters. The number of hydrogen-bond donors (Lipinski definition) is 1. The zero-order valence-corrected chi connectivity index (χ0v) is 13.4. The molecule has 0 aliphatic rings. The van der Waals surface area contributed by atoms with E-state index in [0.717, 1.165) is 37.2 Å². The minimum atomic E-state index is 0.241. The highest BCUT2D eigenvalue weighted by Crippen LogP contribution is 2.21. The molecule has 0 spiro atoms. The minimum absolute atomic E-state index is 0.241. The van der Waals surface area contributed by atoms with Gasteiger partial charge in [0.15, 0.2) is 0 Å². The molecule has 0 saturated heterocycles. The second-order valence-electron chi connectivity index (χ2n) is 5.62. The van der Waals surface area contributed by atoms with Crippen LogP contribution in [0.4, 0.5) is 0 Å². The molecule has 0 heterocycles. The zero-order valence-electron chi connectivity index (χ0n) is 13.4. The van der Waals surface area contributed by atoms with Gasteiger partial charge in [-0.1, -0.05) is 57.5 Å². The summed E-state index contributed by atoms with van der Waals surface area (Å²) in [6, 6.07) is 8.24. The first-order valence-corrected chi connectivity index (χ1v) is 7.76. The average Bonchev–Trinajstić information content (AvgIpc) is 2.41. The van der Waals surface area contributed by atoms with Crippen LogP contribution < -0.4 is 10.1 Å². The van der Waals surface area contributed by atoms with Crippen molar-refractivity contribution >= 4 is 6.08 Å². The van der Waals surface area contributed by atoms with Crippen molar-refractivity contribution < 1.29 is 4.74 Å². The van der Waals surface area contributed by atoms with Gasteiger partial charge in [0.1, 0.15) is 11.9 Å². The molecular weight excluding hydrogens is 246 g/mol. The number of rotatable bonds is 9. The Balaban J connectivity index is 2.64. The summed E-state index contributed by atoms with van der Waals surface area (Å²) in [4.78, 5) is 0. The van der Waals surface area contributed by atoms with Gasteiger partial charge < -0.3 is 10.1 Å². The molecule has 2 nitrogen and oxygen atoms in total. The van der Waals surface area contributed by atoms with E-state index < -0.39 is 0 Å². The third-order valence-corrected chi connectivity index (χ3v) is 3.09. The summed E-state index contributed by atoms with van der Waals surface area (Å²) in [5.41, 5.74) is 1.15. The average molecular weight is 275 g/mol. The number of allylic oxidation sites excluding steroid dienone is 1. The van der Waals surface area contributed by atoms with Crippen molar-refractivity contribution in [2.75, 3.05) is 13.1 Å². The fourth-order valence-electron chi connectivity index (χ4n) is 2.14. The van der Waals surface area contributed by atoms with Gasteiger partial charge in [-0.05, 0) is 31.9 Å². The molecule has 0 amide bonds. The second-order valence-corrected chi connectivity index (χ2v) is 5.62. The standard InChI is InChI=1S/C18H29NO/c1-5-9-16-11-7-8-12-18(16)20-17(10-6-2)14-19-13-15(3)4/h5,7-9,11-12,15,17,19H,6,10,13-14H2,1-4H3/b9-5+. The second kappa shape index (κ2) is 9.60. The first-order chi connectivity index (χ1) is 9.67. The van der Waals surface area contributed by atoms with Crippen molar-refractivity contribution in [2.24, 2.45) is 5.92 Å². The van der Waals surface area contributed by atoms with Gasteiger partial charge >= 0.3 is 0 Å². The summed E-state index contributed by atoms with van der Waals surface area (Å²) < 4.78 is 6.21. The molecule has 0 aliphatic carbocycles.